The molecule has 0 spiro atoms. The average molecular weight is 224 g/mol. The minimum atomic E-state index is -0.405. The number of hydrogen-bond acceptors (Lipinski definition) is 1. The lowest BCUT2D eigenvalue weighted by atomic mass is 10.1. The number of halogens is 3. The molecule has 0 aliphatic heterocycles. The van der Waals surface area contributed by atoms with Crippen LogP contribution < -0.4 is 5.73 Å². The minimum absolute atomic E-state index is 0. The fourth-order valence-corrected chi connectivity index (χ4v) is 1.29. The van der Waals surface area contributed by atoms with Crippen LogP contribution in [0, 0.1) is 5.82 Å². The van der Waals surface area contributed by atoms with Gasteiger partial charge in [-0.25, -0.2) is 4.39 Å². The van der Waals surface area contributed by atoms with Gasteiger partial charge in [0.25, 0.3) is 0 Å². The highest BCUT2D eigenvalue weighted by Gasteiger charge is 2.10. The molecule has 0 unspecified atom stereocenters. The van der Waals surface area contributed by atoms with Gasteiger partial charge in [-0.2, -0.15) is 0 Å². The van der Waals surface area contributed by atoms with E-state index in [2.05, 4.69) is 0 Å². The Morgan fingerprint density at radius 3 is 2.69 bits per heavy atom. The van der Waals surface area contributed by atoms with Crippen LogP contribution in [0.4, 0.5) is 4.39 Å². The van der Waals surface area contributed by atoms with Gasteiger partial charge in [-0.1, -0.05) is 30.7 Å². The predicted octanol–water partition coefficient (Wildman–Crippen LogP) is 3.31. The molecule has 0 aliphatic rings. The summed E-state index contributed by atoms with van der Waals surface area (Å²) in [5.74, 6) is -0.405. The first-order valence-electron chi connectivity index (χ1n) is 3.86. The van der Waals surface area contributed by atoms with Crippen LogP contribution in [-0.4, -0.2) is 0 Å². The number of rotatable bonds is 2. The largest absolute Gasteiger partial charge is 0.324 e. The van der Waals surface area contributed by atoms with Crippen LogP contribution in [0.3, 0.4) is 0 Å². The van der Waals surface area contributed by atoms with Gasteiger partial charge < -0.3 is 5.73 Å². The van der Waals surface area contributed by atoms with E-state index in [9.17, 15) is 4.39 Å². The van der Waals surface area contributed by atoms with Gasteiger partial charge in [-0.05, 0) is 18.1 Å². The lowest BCUT2D eigenvalue weighted by Gasteiger charge is -2.10. The Bertz CT molecular complexity index is 278. The van der Waals surface area contributed by atoms with Crippen molar-refractivity contribution in [3.05, 3.63) is 34.6 Å². The molecule has 74 valence electrons. The number of benzene rings is 1. The molecule has 0 radical (unpaired) electrons. The van der Waals surface area contributed by atoms with Crippen LogP contribution in [0.1, 0.15) is 24.9 Å². The van der Waals surface area contributed by atoms with E-state index in [4.69, 9.17) is 17.3 Å². The van der Waals surface area contributed by atoms with Crippen LogP contribution in [0.15, 0.2) is 18.2 Å². The Balaban J connectivity index is 0.00000144. The van der Waals surface area contributed by atoms with E-state index in [-0.39, 0.29) is 23.5 Å². The highest BCUT2D eigenvalue weighted by Crippen LogP contribution is 2.25. The van der Waals surface area contributed by atoms with E-state index in [1.807, 2.05) is 6.92 Å². The van der Waals surface area contributed by atoms with E-state index >= 15 is 0 Å². The smallest absolute Gasteiger partial charge is 0.142 e. The topological polar surface area (TPSA) is 26.0 Å². The molecule has 13 heavy (non-hydrogen) atoms. The molecule has 0 fully saturated rings. The van der Waals surface area contributed by atoms with Gasteiger partial charge in [0.05, 0.1) is 5.02 Å². The molecule has 0 aromatic heterocycles. The minimum Gasteiger partial charge on any atom is -0.324 e. The molecule has 1 aromatic carbocycles. The number of hydrogen-bond donors (Lipinski definition) is 1. The Morgan fingerprint density at radius 1 is 1.54 bits per heavy atom. The molecule has 0 aliphatic carbocycles. The molecule has 0 saturated heterocycles. The van der Waals surface area contributed by atoms with Gasteiger partial charge in [0.1, 0.15) is 5.82 Å². The highest BCUT2D eigenvalue weighted by atomic mass is 35.5. The second kappa shape index (κ2) is 5.43. The molecule has 4 heteroatoms. The molecule has 0 heterocycles. The number of nitrogens with two attached hydrogens (primary N) is 1. The van der Waals surface area contributed by atoms with Crippen molar-refractivity contribution in [1.29, 1.82) is 0 Å². The summed E-state index contributed by atoms with van der Waals surface area (Å²) in [6.07, 6.45) is 0.753. The zero-order valence-electron chi connectivity index (χ0n) is 7.26. The van der Waals surface area contributed by atoms with E-state index in [0.717, 1.165) is 6.42 Å². The predicted molar refractivity (Wildman–Crippen MR) is 55.9 cm³/mol. The Labute approximate surface area is 88.5 Å². The fraction of sp³-hybridized carbons (Fsp3) is 0.333. The van der Waals surface area contributed by atoms with Crippen molar-refractivity contribution < 1.29 is 4.39 Å². The summed E-state index contributed by atoms with van der Waals surface area (Å²) in [6.45, 7) is 1.94. The van der Waals surface area contributed by atoms with Gasteiger partial charge in [0, 0.05) is 6.04 Å². The van der Waals surface area contributed by atoms with E-state index < -0.39 is 5.82 Å². The Morgan fingerprint density at radius 2 is 2.15 bits per heavy atom. The standard InChI is InChI=1S/C9H11ClFN.ClH/c1-2-8(12)6-4-3-5-7(11)9(6)10;/h3-5,8H,2,12H2,1H3;1H/t8-;/m1./s1. The van der Waals surface area contributed by atoms with Crippen LogP contribution in [0.5, 0.6) is 0 Å². The van der Waals surface area contributed by atoms with Gasteiger partial charge in [0.2, 0.25) is 0 Å². The zero-order chi connectivity index (χ0) is 9.14. The molecule has 0 amide bonds. The monoisotopic (exact) mass is 223 g/mol. The third-order valence-electron chi connectivity index (χ3n) is 1.82. The summed E-state index contributed by atoms with van der Waals surface area (Å²) in [4.78, 5) is 0. The second-order valence-electron chi connectivity index (χ2n) is 2.66. The average Bonchev–Trinajstić information content (AvgIpc) is 2.08. The first kappa shape index (κ1) is 12.7. The van der Waals surface area contributed by atoms with Crippen molar-refractivity contribution in [1.82, 2.24) is 0 Å². The summed E-state index contributed by atoms with van der Waals surface area (Å²) in [5.41, 5.74) is 6.39. The van der Waals surface area contributed by atoms with Crippen molar-refractivity contribution in [3.8, 4) is 0 Å². The summed E-state index contributed by atoms with van der Waals surface area (Å²) in [7, 11) is 0. The van der Waals surface area contributed by atoms with Crippen molar-refractivity contribution in [2.45, 2.75) is 19.4 Å². The van der Waals surface area contributed by atoms with Gasteiger partial charge in [0.15, 0.2) is 0 Å². The van der Waals surface area contributed by atoms with Crippen LogP contribution in [0.25, 0.3) is 0 Å². The van der Waals surface area contributed by atoms with E-state index in [1.165, 1.54) is 6.07 Å². The molecular formula is C9H12Cl2FN. The van der Waals surface area contributed by atoms with Crippen molar-refractivity contribution in [2.24, 2.45) is 5.73 Å². The van der Waals surface area contributed by atoms with Gasteiger partial charge >= 0.3 is 0 Å². The third kappa shape index (κ3) is 2.83. The SMILES string of the molecule is CC[C@@H](N)c1cccc(F)c1Cl.Cl. The summed E-state index contributed by atoms with van der Waals surface area (Å²) >= 11 is 5.71. The fourth-order valence-electron chi connectivity index (χ4n) is 1.03. The molecular weight excluding hydrogens is 212 g/mol. The van der Waals surface area contributed by atoms with Crippen molar-refractivity contribution in [3.63, 3.8) is 0 Å². The molecule has 1 rings (SSSR count). The van der Waals surface area contributed by atoms with Crippen molar-refractivity contribution >= 4 is 24.0 Å². The highest BCUT2D eigenvalue weighted by molar-refractivity contribution is 6.31. The molecule has 1 aromatic rings. The molecule has 0 bridgehead atoms. The van der Waals surface area contributed by atoms with E-state index in [1.54, 1.807) is 12.1 Å². The molecule has 0 saturated carbocycles. The van der Waals surface area contributed by atoms with Crippen LogP contribution in [0.2, 0.25) is 5.02 Å². The Hall–Kier alpha value is -0.310. The first-order chi connectivity index (χ1) is 5.66. The van der Waals surface area contributed by atoms with Crippen molar-refractivity contribution in [2.75, 3.05) is 0 Å². The zero-order valence-corrected chi connectivity index (χ0v) is 8.83. The quantitative estimate of drug-likeness (QED) is 0.819. The lowest BCUT2D eigenvalue weighted by Crippen LogP contribution is -2.09. The summed E-state index contributed by atoms with van der Waals surface area (Å²) in [5, 5.41) is 0.145. The molecule has 1 nitrogen and oxygen atoms in total. The second-order valence-corrected chi connectivity index (χ2v) is 3.04. The first-order valence-corrected chi connectivity index (χ1v) is 4.24. The van der Waals surface area contributed by atoms with Gasteiger partial charge in [-0.3, -0.25) is 0 Å². The lowest BCUT2D eigenvalue weighted by molar-refractivity contribution is 0.617. The maximum atomic E-state index is 12.9. The maximum Gasteiger partial charge on any atom is 0.142 e. The normalized spacial score (nSPS) is 12.0. The van der Waals surface area contributed by atoms with Crippen LogP contribution in [-0.2, 0) is 0 Å². The van der Waals surface area contributed by atoms with Gasteiger partial charge in [-0.15, -0.1) is 12.4 Å². The molecule has 1 atom stereocenters. The molecule has 2 N–H and O–H groups in total. The van der Waals surface area contributed by atoms with E-state index in [0.29, 0.717) is 5.56 Å². The Kier molecular flexibility index (Phi) is 5.30. The summed E-state index contributed by atoms with van der Waals surface area (Å²) in [6, 6.07) is 4.52. The summed E-state index contributed by atoms with van der Waals surface area (Å²) < 4.78 is 12.9. The third-order valence-corrected chi connectivity index (χ3v) is 2.22. The maximum absolute atomic E-state index is 12.9. The van der Waals surface area contributed by atoms with Crippen LogP contribution >= 0.6 is 24.0 Å².